The summed E-state index contributed by atoms with van der Waals surface area (Å²) in [5.41, 5.74) is -0.701. The van der Waals surface area contributed by atoms with E-state index in [1.54, 1.807) is 0 Å². The van der Waals surface area contributed by atoms with Crippen molar-refractivity contribution in [2.75, 3.05) is 5.32 Å². The number of carbonyl (C=O) groups excluding carboxylic acids is 2. The molecule has 2 N–H and O–H groups in total. The molecule has 25 heavy (non-hydrogen) atoms. The number of hydrogen-bond donors (Lipinski definition) is 2. The number of aromatic carboxylic acids is 1. The maximum absolute atomic E-state index is 12.4. The van der Waals surface area contributed by atoms with Crippen LogP contribution >= 0.6 is 0 Å². The van der Waals surface area contributed by atoms with Crippen LogP contribution in [-0.4, -0.2) is 33.1 Å². The lowest BCUT2D eigenvalue weighted by molar-refractivity contribution is -0.146. The summed E-state index contributed by atoms with van der Waals surface area (Å²) in [5.74, 6) is -5.06. The van der Waals surface area contributed by atoms with Crippen molar-refractivity contribution >= 4 is 23.9 Å². The maximum atomic E-state index is 12.4. The second-order valence-corrected chi connectivity index (χ2v) is 4.52. The van der Waals surface area contributed by atoms with Gasteiger partial charge in [0.25, 0.3) is 11.7 Å². The van der Waals surface area contributed by atoms with Gasteiger partial charge in [0.05, 0.1) is 5.56 Å². The van der Waals surface area contributed by atoms with Crippen LogP contribution in [0.5, 0.6) is 5.75 Å². The van der Waals surface area contributed by atoms with Crippen molar-refractivity contribution in [3.63, 3.8) is 0 Å². The number of ether oxygens (including phenoxy) is 1. The van der Waals surface area contributed by atoms with Gasteiger partial charge in [-0.15, -0.1) is 0 Å². The van der Waals surface area contributed by atoms with Crippen molar-refractivity contribution in [3.8, 4) is 5.75 Å². The number of nitrogens with one attached hydrogen (secondary N) is 1. The van der Waals surface area contributed by atoms with Crippen LogP contribution in [0, 0.1) is 0 Å². The number of amides is 1. The van der Waals surface area contributed by atoms with E-state index in [-0.39, 0.29) is 16.9 Å². The molecule has 9 nitrogen and oxygen atoms in total. The van der Waals surface area contributed by atoms with Gasteiger partial charge in [0.2, 0.25) is 0 Å². The zero-order chi connectivity index (χ0) is 18.8. The molecule has 0 aliphatic heterocycles. The molecule has 1 aromatic heterocycles. The average Bonchev–Trinajstić information content (AvgIpc) is 2.94. The second-order valence-electron chi connectivity index (χ2n) is 4.52. The van der Waals surface area contributed by atoms with Crippen LogP contribution in [0.2, 0.25) is 0 Å². The molecule has 0 spiro atoms. The van der Waals surface area contributed by atoms with Gasteiger partial charge in [-0.3, -0.25) is 14.9 Å². The molecule has 2 rings (SSSR count). The number of hydrogen-bond acceptors (Lipinski definition) is 7. The minimum absolute atomic E-state index is 0.237. The molecule has 1 heterocycles. The summed E-state index contributed by atoms with van der Waals surface area (Å²) in [6, 6.07) is 2.09. The molecule has 1 amide bonds. The quantitative estimate of drug-likeness (QED) is 0.625. The topological polar surface area (TPSA) is 132 Å². The monoisotopic (exact) mass is 359 g/mol. The van der Waals surface area contributed by atoms with E-state index in [1.807, 2.05) is 5.32 Å². The summed E-state index contributed by atoms with van der Waals surface area (Å²) < 4.78 is 46.1. The van der Waals surface area contributed by atoms with Crippen LogP contribution in [0.25, 0.3) is 0 Å². The number of nitrogens with zero attached hydrogens (tertiary/aromatic N) is 2. The highest BCUT2D eigenvalue weighted by Crippen LogP contribution is 2.27. The van der Waals surface area contributed by atoms with Crippen LogP contribution in [0.3, 0.4) is 0 Å². The number of aromatic nitrogens is 2. The van der Waals surface area contributed by atoms with Gasteiger partial charge in [-0.25, -0.2) is 4.79 Å². The number of halogens is 3. The van der Waals surface area contributed by atoms with Gasteiger partial charge in [-0.05, 0) is 23.4 Å². The summed E-state index contributed by atoms with van der Waals surface area (Å²) in [6.07, 6.45) is -4.86. The van der Waals surface area contributed by atoms with Crippen molar-refractivity contribution in [1.82, 2.24) is 10.1 Å². The first-order chi connectivity index (χ1) is 11.6. The molecule has 1 aromatic carbocycles. The maximum Gasteiger partial charge on any atom is 0.455 e. The zero-order valence-electron chi connectivity index (χ0n) is 12.2. The molecule has 132 valence electrons. The van der Waals surface area contributed by atoms with E-state index in [4.69, 9.17) is 9.84 Å². The fourth-order valence-corrected chi connectivity index (χ4v) is 1.64. The van der Waals surface area contributed by atoms with Gasteiger partial charge in [0.15, 0.2) is 0 Å². The SMILES string of the molecule is CC(=O)Oc1cc(C(=O)O)cc(C(=O)Nc2nc(C(F)(F)F)no2)c1. The highest BCUT2D eigenvalue weighted by atomic mass is 19.4. The van der Waals surface area contributed by atoms with E-state index >= 15 is 0 Å². The smallest absolute Gasteiger partial charge is 0.455 e. The van der Waals surface area contributed by atoms with Crippen LogP contribution in [0.15, 0.2) is 22.7 Å². The molecule has 0 fully saturated rings. The highest BCUT2D eigenvalue weighted by Gasteiger charge is 2.37. The van der Waals surface area contributed by atoms with E-state index in [0.29, 0.717) is 0 Å². The van der Waals surface area contributed by atoms with Gasteiger partial charge >= 0.3 is 24.1 Å². The fourth-order valence-electron chi connectivity index (χ4n) is 1.64. The highest BCUT2D eigenvalue weighted by molar-refractivity contribution is 6.05. The average molecular weight is 359 g/mol. The molecule has 0 aliphatic rings. The van der Waals surface area contributed by atoms with Crippen LogP contribution in [0.1, 0.15) is 33.5 Å². The molecule has 0 radical (unpaired) electrons. The normalized spacial score (nSPS) is 11.0. The third-order valence-electron chi connectivity index (χ3n) is 2.58. The minimum atomic E-state index is -4.86. The number of anilines is 1. The number of rotatable bonds is 4. The first-order valence-corrected chi connectivity index (χ1v) is 6.35. The van der Waals surface area contributed by atoms with Gasteiger partial charge < -0.3 is 14.4 Å². The Kier molecular flexibility index (Phi) is 4.72. The Labute approximate surface area is 136 Å². The van der Waals surface area contributed by atoms with Gasteiger partial charge in [0.1, 0.15) is 5.75 Å². The van der Waals surface area contributed by atoms with Gasteiger partial charge in [-0.1, -0.05) is 0 Å². The largest absolute Gasteiger partial charge is 0.478 e. The first-order valence-electron chi connectivity index (χ1n) is 6.35. The Morgan fingerprint density at radius 2 is 1.84 bits per heavy atom. The lowest BCUT2D eigenvalue weighted by atomic mass is 10.1. The molecule has 0 aliphatic carbocycles. The third kappa shape index (κ3) is 4.53. The fraction of sp³-hybridized carbons (Fsp3) is 0.154. The minimum Gasteiger partial charge on any atom is -0.478 e. The molecule has 0 bridgehead atoms. The molecular weight excluding hydrogens is 351 g/mol. The number of benzene rings is 1. The van der Waals surface area contributed by atoms with E-state index in [1.165, 1.54) is 0 Å². The van der Waals surface area contributed by atoms with Crippen molar-refractivity contribution in [2.24, 2.45) is 0 Å². The summed E-state index contributed by atoms with van der Waals surface area (Å²) in [7, 11) is 0. The van der Waals surface area contributed by atoms with Crippen LogP contribution in [-0.2, 0) is 11.0 Å². The van der Waals surface area contributed by atoms with Crippen LogP contribution < -0.4 is 10.1 Å². The molecule has 0 saturated carbocycles. The summed E-state index contributed by atoms with van der Waals surface area (Å²) in [6.45, 7) is 1.06. The number of esters is 1. The Morgan fingerprint density at radius 1 is 1.20 bits per heavy atom. The summed E-state index contributed by atoms with van der Waals surface area (Å²) in [5, 5.41) is 13.5. The van der Waals surface area contributed by atoms with Crippen molar-refractivity contribution in [3.05, 3.63) is 35.2 Å². The molecule has 12 heteroatoms. The number of alkyl halides is 3. The van der Waals surface area contributed by atoms with Crippen molar-refractivity contribution in [2.45, 2.75) is 13.1 Å². The molecular formula is C13H8F3N3O6. The van der Waals surface area contributed by atoms with E-state index in [2.05, 4.69) is 14.7 Å². The second kappa shape index (κ2) is 6.59. The first kappa shape index (κ1) is 17.9. The van der Waals surface area contributed by atoms with Crippen molar-refractivity contribution < 1.29 is 41.9 Å². The number of carbonyl (C=O) groups is 3. The molecule has 0 atom stereocenters. The molecule has 0 unspecified atom stereocenters. The number of carboxylic acids is 1. The Balaban J connectivity index is 2.28. The van der Waals surface area contributed by atoms with E-state index in [9.17, 15) is 27.6 Å². The third-order valence-corrected chi connectivity index (χ3v) is 2.58. The van der Waals surface area contributed by atoms with Gasteiger partial charge in [-0.2, -0.15) is 18.2 Å². The standard InChI is InChI=1S/C13H8F3N3O6/c1-5(20)24-8-3-6(2-7(4-8)10(22)23)9(21)17-12-18-11(19-25-12)13(14,15)16/h2-4H,1H3,(H,22,23)(H,17,18,19,21). The zero-order valence-corrected chi connectivity index (χ0v) is 12.2. The van der Waals surface area contributed by atoms with Crippen molar-refractivity contribution in [1.29, 1.82) is 0 Å². The predicted molar refractivity (Wildman–Crippen MR) is 72.0 cm³/mol. The van der Waals surface area contributed by atoms with Gasteiger partial charge in [0, 0.05) is 12.5 Å². The lowest BCUT2D eigenvalue weighted by Crippen LogP contribution is -2.14. The number of carboxylic acid groups (broad SMARTS) is 1. The van der Waals surface area contributed by atoms with E-state index in [0.717, 1.165) is 25.1 Å². The molecule has 2 aromatic rings. The van der Waals surface area contributed by atoms with Crippen LogP contribution in [0.4, 0.5) is 19.2 Å². The molecule has 0 saturated heterocycles. The Morgan fingerprint density at radius 3 is 2.36 bits per heavy atom. The summed E-state index contributed by atoms with van der Waals surface area (Å²) in [4.78, 5) is 37.0. The Hall–Kier alpha value is -3.44. The summed E-state index contributed by atoms with van der Waals surface area (Å²) >= 11 is 0. The Bertz CT molecular complexity index is 846. The lowest BCUT2D eigenvalue weighted by Gasteiger charge is -2.06. The predicted octanol–water partition coefficient (Wildman–Crippen LogP) is 1.96. The van der Waals surface area contributed by atoms with E-state index < -0.39 is 35.9 Å².